The molecule has 2 heterocycles. The third-order valence-electron chi connectivity index (χ3n) is 5.23. The molecule has 0 saturated carbocycles. The molecule has 1 aliphatic rings. The van der Waals surface area contributed by atoms with Gasteiger partial charge in [-0.15, -0.1) is 0 Å². The van der Waals surface area contributed by atoms with Gasteiger partial charge in [0.2, 0.25) is 10.0 Å². The molecule has 30 heavy (non-hydrogen) atoms. The molecule has 0 bridgehead atoms. The van der Waals surface area contributed by atoms with Crippen LogP contribution in [0.1, 0.15) is 12.8 Å². The molecule has 4 rings (SSSR count). The summed E-state index contributed by atoms with van der Waals surface area (Å²) >= 11 is 1.23. The minimum absolute atomic E-state index is 0.0305. The normalized spacial score (nSPS) is 17.0. The highest BCUT2D eigenvalue weighted by Gasteiger charge is 2.32. The smallest absolute Gasteiger partial charge is 0.251 e. The molecular weight excluding hydrogens is 432 g/mol. The van der Waals surface area contributed by atoms with Gasteiger partial charge < -0.3 is 4.57 Å². The van der Waals surface area contributed by atoms with Gasteiger partial charge in [-0.05, 0) is 55.3 Å². The number of benzene rings is 2. The quantitative estimate of drug-likeness (QED) is 0.615. The summed E-state index contributed by atoms with van der Waals surface area (Å²) in [6.45, 7) is 0.380. The van der Waals surface area contributed by atoms with Crippen molar-refractivity contribution in [2.24, 2.45) is 18.0 Å². The Morgan fingerprint density at radius 1 is 1.07 bits per heavy atom. The van der Waals surface area contributed by atoms with E-state index in [-0.39, 0.29) is 35.6 Å². The fourth-order valence-electron chi connectivity index (χ4n) is 3.50. The lowest BCUT2D eigenvalue weighted by molar-refractivity contribution is -0.122. The zero-order valence-corrected chi connectivity index (χ0v) is 17.7. The topological polar surface area (TPSA) is 71.7 Å². The van der Waals surface area contributed by atoms with Crippen molar-refractivity contribution in [3.63, 3.8) is 0 Å². The Morgan fingerprint density at radius 2 is 1.70 bits per heavy atom. The molecule has 1 aromatic heterocycles. The summed E-state index contributed by atoms with van der Waals surface area (Å²) in [6.07, 6.45) is 0.706. The van der Waals surface area contributed by atoms with Crippen LogP contribution in [0.3, 0.4) is 0 Å². The van der Waals surface area contributed by atoms with Gasteiger partial charge in [0.05, 0.1) is 15.1 Å². The minimum Gasteiger partial charge on any atom is -0.319 e. The maximum Gasteiger partial charge on any atom is 0.251 e. The standard InChI is InChI=1S/C20H19F2N3O3S2/c1-24-17-7-4-15(22)12-18(17)29-20(24)23-19(26)13-8-10-25(11-9-13)30(27,28)16-5-2-14(21)3-6-16/h2-7,12-13H,8-11H2,1H3. The summed E-state index contributed by atoms with van der Waals surface area (Å²) in [5.74, 6) is -1.54. The number of halogens is 2. The first kappa shape index (κ1) is 20.8. The molecule has 1 amide bonds. The van der Waals surface area contributed by atoms with E-state index < -0.39 is 15.8 Å². The number of amides is 1. The summed E-state index contributed by atoms with van der Waals surface area (Å²) in [4.78, 5) is 17.4. The number of carbonyl (C=O) groups is 1. The second-order valence-electron chi connectivity index (χ2n) is 7.14. The van der Waals surface area contributed by atoms with E-state index in [1.165, 1.54) is 39.9 Å². The molecule has 0 N–H and O–H groups in total. The van der Waals surface area contributed by atoms with Crippen LogP contribution in [-0.2, 0) is 21.9 Å². The first-order chi connectivity index (χ1) is 14.3. The Kier molecular flexibility index (Phi) is 5.56. The molecule has 0 unspecified atom stereocenters. The first-order valence-corrected chi connectivity index (χ1v) is 11.6. The second-order valence-corrected chi connectivity index (χ2v) is 10.1. The van der Waals surface area contributed by atoms with E-state index in [4.69, 9.17) is 0 Å². The number of piperidine rings is 1. The predicted molar refractivity (Wildman–Crippen MR) is 109 cm³/mol. The second kappa shape index (κ2) is 8.01. The summed E-state index contributed by atoms with van der Waals surface area (Å²) in [6, 6.07) is 9.10. The number of nitrogens with zero attached hydrogens (tertiary/aromatic N) is 3. The molecule has 0 atom stereocenters. The summed E-state index contributed by atoms with van der Waals surface area (Å²) in [5.41, 5.74) is 0.785. The molecule has 158 valence electrons. The number of thiazole rings is 1. The zero-order valence-electron chi connectivity index (χ0n) is 16.1. The van der Waals surface area contributed by atoms with Gasteiger partial charge in [-0.2, -0.15) is 9.30 Å². The SMILES string of the molecule is Cn1c(=NC(=O)C2CCN(S(=O)(=O)c3ccc(F)cc3)CC2)sc2cc(F)ccc21. The molecule has 1 aliphatic heterocycles. The van der Waals surface area contributed by atoms with Crippen LogP contribution < -0.4 is 4.80 Å². The van der Waals surface area contributed by atoms with Crippen molar-refractivity contribution < 1.29 is 22.0 Å². The molecule has 2 aromatic carbocycles. The molecule has 0 aliphatic carbocycles. The number of aromatic nitrogens is 1. The van der Waals surface area contributed by atoms with Crippen LogP contribution in [0.15, 0.2) is 52.4 Å². The van der Waals surface area contributed by atoms with Crippen molar-refractivity contribution in [2.75, 3.05) is 13.1 Å². The van der Waals surface area contributed by atoms with Gasteiger partial charge in [-0.3, -0.25) is 4.79 Å². The summed E-state index contributed by atoms with van der Waals surface area (Å²) < 4.78 is 55.7. The third-order valence-corrected chi connectivity index (χ3v) is 8.24. The van der Waals surface area contributed by atoms with E-state index in [2.05, 4.69) is 4.99 Å². The van der Waals surface area contributed by atoms with Crippen molar-refractivity contribution in [1.82, 2.24) is 8.87 Å². The van der Waals surface area contributed by atoms with E-state index >= 15 is 0 Å². The number of aryl methyl sites for hydroxylation is 1. The highest BCUT2D eigenvalue weighted by molar-refractivity contribution is 7.89. The van der Waals surface area contributed by atoms with Gasteiger partial charge >= 0.3 is 0 Å². The zero-order chi connectivity index (χ0) is 21.5. The van der Waals surface area contributed by atoms with Crippen molar-refractivity contribution in [3.05, 3.63) is 58.9 Å². The van der Waals surface area contributed by atoms with E-state index in [0.29, 0.717) is 22.3 Å². The van der Waals surface area contributed by atoms with Gasteiger partial charge in [0.1, 0.15) is 11.6 Å². The van der Waals surface area contributed by atoms with Crippen LogP contribution in [0, 0.1) is 17.6 Å². The maximum absolute atomic E-state index is 13.4. The van der Waals surface area contributed by atoms with Crippen LogP contribution in [0.5, 0.6) is 0 Å². The van der Waals surface area contributed by atoms with Gasteiger partial charge in [0.15, 0.2) is 4.80 Å². The number of hydrogen-bond donors (Lipinski definition) is 0. The maximum atomic E-state index is 13.4. The molecule has 0 spiro atoms. The van der Waals surface area contributed by atoms with Gasteiger partial charge in [0, 0.05) is 26.1 Å². The highest BCUT2D eigenvalue weighted by atomic mass is 32.2. The third kappa shape index (κ3) is 3.94. The Morgan fingerprint density at radius 3 is 2.37 bits per heavy atom. The molecule has 1 fully saturated rings. The highest BCUT2D eigenvalue weighted by Crippen LogP contribution is 2.25. The van der Waals surface area contributed by atoms with Crippen molar-refractivity contribution in [3.8, 4) is 0 Å². The molecule has 6 nitrogen and oxygen atoms in total. The minimum atomic E-state index is -3.73. The fraction of sp³-hybridized carbons (Fsp3) is 0.300. The van der Waals surface area contributed by atoms with Crippen LogP contribution in [0.2, 0.25) is 0 Å². The predicted octanol–water partition coefficient (Wildman–Crippen LogP) is 3.05. The summed E-state index contributed by atoms with van der Waals surface area (Å²) in [5, 5.41) is 0. The van der Waals surface area contributed by atoms with E-state index in [1.807, 2.05) is 0 Å². The molecule has 1 saturated heterocycles. The van der Waals surface area contributed by atoms with E-state index in [0.717, 1.165) is 17.6 Å². The van der Waals surface area contributed by atoms with E-state index in [9.17, 15) is 22.0 Å². The van der Waals surface area contributed by atoms with Crippen LogP contribution >= 0.6 is 11.3 Å². The van der Waals surface area contributed by atoms with Crippen molar-refractivity contribution in [1.29, 1.82) is 0 Å². The monoisotopic (exact) mass is 451 g/mol. The Balaban J connectivity index is 1.49. The number of sulfonamides is 1. The van der Waals surface area contributed by atoms with E-state index in [1.54, 1.807) is 17.7 Å². The number of rotatable bonds is 3. The average molecular weight is 452 g/mol. The van der Waals surface area contributed by atoms with Crippen LogP contribution in [0.25, 0.3) is 10.2 Å². The largest absolute Gasteiger partial charge is 0.319 e. The van der Waals surface area contributed by atoms with Crippen molar-refractivity contribution in [2.45, 2.75) is 17.7 Å². The average Bonchev–Trinajstić information content (AvgIpc) is 3.03. The molecular formula is C20H19F2N3O3S2. The lowest BCUT2D eigenvalue weighted by Gasteiger charge is -2.29. The first-order valence-electron chi connectivity index (χ1n) is 9.35. The lowest BCUT2D eigenvalue weighted by atomic mass is 9.98. The molecule has 3 aromatic rings. The van der Waals surface area contributed by atoms with Crippen molar-refractivity contribution >= 4 is 37.5 Å². The van der Waals surface area contributed by atoms with Crippen LogP contribution in [-0.4, -0.2) is 36.3 Å². The van der Waals surface area contributed by atoms with Crippen LogP contribution in [0.4, 0.5) is 8.78 Å². The molecule has 10 heteroatoms. The Bertz CT molecular complexity index is 1270. The van der Waals surface area contributed by atoms with Gasteiger partial charge in [-0.25, -0.2) is 17.2 Å². The number of fused-ring (bicyclic) bond motifs is 1. The van der Waals surface area contributed by atoms with Gasteiger partial charge in [-0.1, -0.05) is 11.3 Å². The Hall–Kier alpha value is -2.43. The molecule has 0 radical (unpaired) electrons. The lowest BCUT2D eigenvalue weighted by Crippen LogP contribution is -2.40. The van der Waals surface area contributed by atoms with Gasteiger partial charge in [0.25, 0.3) is 5.91 Å². The number of hydrogen-bond acceptors (Lipinski definition) is 4. The fourth-order valence-corrected chi connectivity index (χ4v) is 6.02. The summed E-state index contributed by atoms with van der Waals surface area (Å²) in [7, 11) is -1.96. The Labute approximate surface area is 176 Å². The number of carbonyl (C=O) groups excluding carboxylic acids is 1.